The molecular weight excluding hydrogens is 244 g/mol. The van der Waals surface area contributed by atoms with Crippen molar-refractivity contribution in [2.75, 3.05) is 32.8 Å². The number of hydrogen-bond acceptors (Lipinski definition) is 4. The number of nitrogens with one attached hydrogen (secondary N) is 2. The lowest BCUT2D eigenvalue weighted by Gasteiger charge is -2.32. The minimum absolute atomic E-state index is 0.0742. The monoisotopic (exact) mass is 266 g/mol. The molecule has 2 heterocycles. The van der Waals surface area contributed by atoms with Crippen molar-refractivity contribution in [2.45, 2.75) is 26.9 Å². The Kier molecular flexibility index (Phi) is 4.55. The van der Waals surface area contributed by atoms with Crippen molar-refractivity contribution < 1.29 is 9.53 Å². The van der Waals surface area contributed by atoms with Crippen molar-refractivity contribution in [3.63, 3.8) is 0 Å². The summed E-state index contributed by atoms with van der Waals surface area (Å²) in [4.78, 5) is 14.4. The fraction of sp³-hybridized carbons (Fsp3) is 0.692. The number of carbonyl (C=O) groups is 1. The lowest BCUT2D eigenvalue weighted by Crippen LogP contribution is -2.47. The number of aryl methyl sites for hydroxylation is 2. The fourth-order valence-corrected chi connectivity index (χ4v) is 2.37. The van der Waals surface area contributed by atoms with Crippen molar-refractivity contribution >= 4 is 5.91 Å². The molecule has 2 N–H and O–H groups in total. The number of carbonyl (C=O) groups excluding carboxylic acids is 1. The lowest BCUT2D eigenvalue weighted by molar-refractivity contribution is -0.0246. The Balaban J connectivity index is 1.87. The number of rotatable bonds is 4. The molecule has 1 saturated heterocycles. The molecule has 19 heavy (non-hydrogen) atoms. The molecular formula is C13H22N4O2. The van der Waals surface area contributed by atoms with Gasteiger partial charge in [0.15, 0.2) is 0 Å². The van der Waals surface area contributed by atoms with Gasteiger partial charge >= 0.3 is 0 Å². The SMILES string of the molecule is CCN1CCOC(CNC(=O)c2c(C)n[nH]c2C)C1. The summed E-state index contributed by atoms with van der Waals surface area (Å²) in [6.45, 7) is 9.96. The van der Waals surface area contributed by atoms with Crippen LogP contribution in [0.1, 0.15) is 28.7 Å². The number of amides is 1. The number of likely N-dealkylation sites (N-methyl/N-ethyl adjacent to an activating group) is 1. The fourth-order valence-electron chi connectivity index (χ4n) is 2.37. The Labute approximate surface area is 113 Å². The zero-order chi connectivity index (χ0) is 13.8. The summed E-state index contributed by atoms with van der Waals surface area (Å²) in [5.41, 5.74) is 2.17. The van der Waals surface area contributed by atoms with E-state index in [0.29, 0.717) is 12.1 Å². The second-order valence-corrected chi connectivity index (χ2v) is 4.91. The van der Waals surface area contributed by atoms with Gasteiger partial charge in [-0.3, -0.25) is 14.8 Å². The van der Waals surface area contributed by atoms with E-state index in [2.05, 4.69) is 27.3 Å². The maximum Gasteiger partial charge on any atom is 0.255 e. The average Bonchev–Trinajstić information content (AvgIpc) is 2.76. The molecule has 0 spiro atoms. The highest BCUT2D eigenvalue weighted by Crippen LogP contribution is 2.09. The van der Waals surface area contributed by atoms with Crippen LogP contribution in [-0.4, -0.2) is 59.9 Å². The molecule has 2 rings (SSSR count). The van der Waals surface area contributed by atoms with Gasteiger partial charge in [-0.25, -0.2) is 0 Å². The summed E-state index contributed by atoms with van der Waals surface area (Å²) in [6.07, 6.45) is 0.0742. The van der Waals surface area contributed by atoms with Crippen LogP contribution < -0.4 is 5.32 Å². The number of nitrogens with zero attached hydrogens (tertiary/aromatic N) is 2. The van der Waals surface area contributed by atoms with E-state index >= 15 is 0 Å². The molecule has 1 aliphatic heterocycles. The van der Waals surface area contributed by atoms with Gasteiger partial charge in [0.1, 0.15) is 0 Å². The Morgan fingerprint density at radius 3 is 3.00 bits per heavy atom. The molecule has 0 bridgehead atoms. The van der Waals surface area contributed by atoms with Crippen LogP contribution in [0, 0.1) is 13.8 Å². The number of H-pyrrole nitrogens is 1. The third kappa shape index (κ3) is 3.33. The highest BCUT2D eigenvalue weighted by molar-refractivity contribution is 5.96. The van der Waals surface area contributed by atoms with E-state index in [1.54, 1.807) is 0 Å². The van der Waals surface area contributed by atoms with Gasteiger partial charge in [-0.05, 0) is 20.4 Å². The standard InChI is InChI=1S/C13H22N4O2/c1-4-17-5-6-19-11(8-17)7-14-13(18)12-9(2)15-16-10(12)3/h11H,4-8H2,1-3H3,(H,14,18)(H,15,16). The molecule has 0 saturated carbocycles. The van der Waals surface area contributed by atoms with E-state index in [-0.39, 0.29) is 12.0 Å². The van der Waals surface area contributed by atoms with Crippen LogP contribution in [0.25, 0.3) is 0 Å². The van der Waals surface area contributed by atoms with Gasteiger partial charge in [-0.1, -0.05) is 6.92 Å². The molecule has 6 nitrogen and oxygen atoms in total. The molecule has 1 atom stereocenters. The Morgan fingerprint density at radius 1 is 1.58 bits per heavy atom. The minimum atomic E-state index is -0.0824. The molecule has 0 aromatic carbocycles. The summed E-state index contributed by atoms with van der Waals surface area (Å²) < 4.78 is 5.66. The first-order valence-corrected chi connectivity index (χ1v) is 6.75. The quantitative estimate of drug-likeness (QED) is 0.831. The normalized spacial score (nSPS) is 20.5. The predicted octanol–water partition coefficient (Wildman–Crippen LogP) is 0.477. The first-order valence-electron chi connectivity index (χ1n) is 6.75. The average molecular weight is 266 g/mol. The molecule has 0 radical (unpaired) electrons. The van der Waals surface area contributed by atoms with Crippen LogP contribution in [0.4, 0.5) is 0 Å². The van der Waals surface area contributed by atoms with Gasteiger partial charge in [0.05, 0.1) is 24.0 Å². The third-order valence-corrected chi connectivity index (χ3v) is 3.52. The van der Waals surface area contributed by atoms with Crippen molar-refractivity contribution in [3.05, 3.63) is 17.0 Å². The third-order valence-electron chi connectivity index (χ3n) is 3.52. The van der Waals surface area contributed by atoms with Crippen molar-refractivity contribution in [1.29, 1.82) is 0 Å². The summed E-state index contributed by atoms with van der Waals surface area (Å²) in [6, 6.07) is 0. The zero-order valence-electron chi connectivity index (χ0n) is 11.8. The topological polar surface area (TPSA) is 70.2 Å². The van der Waals surface area contributed by atoms with Gasteiger partial charge in [0.25, 0.3) is 5.91 Å². The predicted molar refractivity (Wildman–Crippen MR) is 72.2 cm³/mol. The van der Waals surface area contributed by atoms with Crippen molar-refractivity contribution in [1.82, 2.24) is 20.4 Å². The maximum atomic E-state index is 12.1. The second kappa shape index (κ2) is 6.16. The molecule has 1 aromatic rings. The van der Waals surface area contributed by atoms with Gasteiger partial charge in [0.2, 0.25) is 0 Å². The maximum absolute atomic E-state index is 12.1. The van der Waals surface area contributed by atoms with E-state index < -0.39 is 0 Å². The number of morpholine rings is 1. The van der Waals surface area contributed by atoms with E-state index in [0.717, 1.165) is 37.6 Å². The zero-order valence-corrected chi connectivity index (χ0v) is 11.8. The number of aromatic nitrogens is 2. The van der Waals surface area contributed by atoms with Crippen LogP contribution in [0.3, 0.4) is 0 Å². The van der Waals surface area contributed by atoms with Crippen LogP contribution >= 0.6 is 0 Å². The Morgan fingerprint density at radius 2 is 2.37 bits per heavy atom. The number of ether oxygens (including phenoxy) is 1. The van der Waals surface area contributed by atoms with E-state index in [1.807, 2.05) is 13.8 Å². The first-order chi connectivity index (χ1) is 9.11. The van der Waals surface area contributed by atoms with Gasteiger partial charge in [0, 0.05) is 25.3 Å². The van der Waals surface area contributed by atoms with Crippen LogP contribution in [0.15, 0.2) is 0 Å². The summed E-state index contributed by atoms with van der Waals surface area (Å²) in [5.74, 6) is -0.0824. The van der Waals surface area contributed by atoms with Gasteiger partial charge in [-0.15, -0.1) is 0 Å². The molecule has 106 valence electrons. The van der Waals surface area contributed by atoms with E-state index in [1.165, 1.54) is 0 Å². The Bertz CT molecular complexity index is 424. The highest BCUT2D eigenvalue weighted by atomic mass is 16.5. The van der Waals surface area contributed by atoms with Crippen LogP contribution in [0.5, 0.6) is 0 Å². The molecule has 1 unspecified atom stereocenters. The van der Waals surface area contributed by atoms with Gasteiger partial charge < -0.3 is 10.1 Å². The van der Waals surface area contributed by atoms with Crippen molar-refractivity contribution in [3.8, 4) is 0 Å². The number of hydrogen-bond donors (Lipinski definition) is 2. The molecule has 0 aliphatic carbocycles. The molecule has 1 aromatic heterocycles. The van der Waals surface area contributed by atoms with Crippen molar-refractivity contribution in [2.24, 2.45) is 0 Å². The molecule has 6 heteroatoms. The molecule has 1 aliphatic rings. The highest BCUT2D eigenvalue weighted by Gasteiger charge is 2.21. The van der Waals surface area contributed by atoms with Gasteiger partial charge in [-0.2, -0.15) is 5.10 Å². The summed E-state index contributed by atoms with van der Waals surface area (Å²) >= 11 is 0. The molecule has 1 amide bonds. The van der Waals surface area contributed by atoms with Crippen LogP contribution in [0.2, 0.25) is 0 Å². The summed E-state index contributed by atoms with van der Waals surface area (Å²) in [7, 11) is 0. The van der Waals surface area contributed by atoms with E-state index in [4.69, 9.17) is 4.74 Å². The Hall–Kier alpha value is -1.40. The lowest BCUT2D eigenvalue weighted by atomic mass is 10.2. The van der Waals surface area contributed by atoms with E-state index in [9.17, 15) is 4.79 Å². The largest absolute Gasteiger partial charge is 0.374 e. The van der Waals surface area contributed by atoms with Crippen LogP contribution in [-0.2, 0) is 4.74 Å². The minimum Gasteiger partial charge on any atom is -0.374 e. The smallest absolute Gasteiger partial charge is 0.255 e. The summed E-state index contributed by atoms with van der Waals surface area (Å²) in [5, 5.41) is 9.78. The first kappa shape index (κ1) is 14.0. The number of aromatic amines is 1. The second-order valence-electron chi connectivity index (χ2n) is 4.91. The molecule has 1 fully saturated rings.